The van der Waals surface area contributed by atoms with Gasteiger partial charge in [-0.2, -0.15) is 0 Å². The van der Waals surface area contributed by atoms with Gasteiger partial charge < -0.3 is 56.8 Å². The number of hydrogen-bond donors (Lipinski definition) is 0. The van der Waals surface area contributed by atoms with E-state index < -0.39 is 116 Å². The topological polar surface area (TPSA) is 230 Å². The van der Waals surface area contributed by atoms with Gasteiger partial charge in [0.05, 0.1) is 19.8 Å². The van der Waals surface area contributed by atoms with Gasteiger partial charge in [0.15, 0.2) is 30.5 Å². The van der Waals surface area contributed by atoms with Crippen molar-refractivity contribution in [2.24, 2.45) is 0 Å². The molecule has 2 fully saturated rings. The average molecular weight is 1110 g/mol. The molecular weight excluding hydrogens is 1050 g/mol. The van der Waals surface area contributed by atoms with Crippen molar-refractivity contribution in [3.8, 4) is 11.5 Å². The van der Waals surface area contributed by atoms with Gasteiger partial charge in [0.1, 0.15) is 36.4 Å². The summed E-state index contributed by atoms with van der Waals surface area (Å²) in [4.78, 5) is 91.1. The van der Waals surface area contributed by atoms with E-state index in [0.29, 0.717) is 52.8 Å². The second-order valence-corrected chi connectivity index (χ2v) is 18.9. The van der Waals surface area contributed by atoms with Crippen LogP contribution in [-0.2, 0) is 99.6 Å². The molecular formula is C56H62Cl2O19. The molecule has 2 heterocycles. The summed E-state index contributed by atoms with van der Waals surface area (Å²) in [5.41, 5.74) is 3.22. The molecule has 2 aliphatic heterocycles. The zero-order valence-corrected chi connectivity index (χ0v) is 45.5. The summed E-state index contributed by atoms with van der Waals surface area (Å²) in [5, 5.41) is 0.662. The molecule has 21 heteroatoms. The van der Waals surface area contributed by atoms with Crippen molar-refractivity contribution in [1.29, 1.82) is 0 Å². The van der Waals surface area contributed by atoms with Crippen LogP contribution >= 0.6 is 23.2 Å². The number of benzene rings is 4. The van der Waals surface area contributed by atoms with Gasteiger partial charge in [-0.05, 0) is 97.0 Å². The van der Waals surface area contributed by atoms with Crippen molar-refractivity contribution < 1.29 is 90.4 Å². The summed E-state index contributed by atoms with van der Waals surface area (Å²) in [5.74, 6) is -7.22. The minimum atomic E-state index is -2.49. The lowest BCUT2D eigenvalue weighted by Gasteiger charge is -2.52. The monoisotopic (exact) mass is 1110 g/mol. The molecule has 0 aliphatic carbocycles. The average Bonchev–Trinajstić information content (AvgIpc) is 3.35. The summed E-state index contributed by atoms with van der Waals surface area (Å²) in [6.07, 6.45) is -13.8. The van der Waals surface area contributed by atoms with Crippen LogP contribution in [0.2, 0.25) is 10.0 Å². The minimum Gasteiger partial charge on any atom is -0.494 e. The number of rotatable bonds is 21. The summed E-state index contributed by atoms with van der Waals surface area (Å²) in [6.45, 7) is 11.0. The van der Waals surface area contributed by atoms with E-state index in [1.807, 2.05) is 50.2 Å². The van der Waals surface area contributed by atoms with Crippen LogP contribution in [0.1, 0.15) is 102 Å². The van der Waals surface area contributed by atoms with Crippen LogP contribution in [0, 0.1) is 0 Å². The molecule has 0 N–H and O–H groups in total. The highest BCUT2D eigenvalue weighted by molar-refractivity contribution is 6.31. The van der Waals surface area contributed by atoms with Crippen LogP contribution in [-0.4, -0.2) is 117 Å². The molecule has 0 spiro atoms. The molecule has 2 aliphatic rings. The fourth-order valence-corrected chi connectivity index (χ4v) is 9.58. The summed E-state index contributed by atoms with van der Waals surface area (Å²) in [7, 11) is 0. The van der Waals surface area contributed by atoms with E-state index in [4.69, 9.17) is 80.0 Å². The Balaban J connectivity index is 1.56. The van der Waals surface area contributed by atoms with Crippen LogP contribution in [0.4, 0.5) is 0 Å². The van der Waals surface area contributed by atoms with Gasteiger partial charge in [-0.15, -0.1) is 0 Å². The van der Waals surface area contributed by atoms with Crippen LogP contribution in [0.25, 0.3) is 0 Å². The molecule has 19 nitrogen and oxygen atoms in total. The molecule has 0 bridgehead atoms. The van der Waals surface area contributed by atoms with E-state index >= 15 is 0 Å². The van der Waals surface area contributed by atoms with Gasteiger partial charge in [0, 0.05) is 64.1 Å². The zero-order chi connectivity index (χ0) is 56.1. The highest BCUT2D eigenvalue weighted by Gasteiger charge is 2.63. The molecule has 0 saturated carbocycles. The highest BCUT2D eigenvalue weighted by Crippen LogP contribution is 2.47. The SMILES string of the molecule is CCOc1ccc(Cc2cc([C@@H]3O[C@@H](COC4(c5ccc(Cl)c(Cc6ccc(OCC)cc6)c5)O[C@H](COC(C)=O)[C@@H](OC(C)=O)[C@H](OC(C)=O)[C@H]4OC(C)=O)[C@@H](OC(C)=O)[C@H](OC(C)=O)[C@H]3OC(C)=O)ccc2Cl)cc1. The van der Waals surface area contributed by atoms with Crippen molar-refractivity contribution in [3.63, 3.8) is 0 Å². The molecule has 10 atom stereocenters. The molecule has 1 unspecified atom stereocenters. The maximum atomic E-state index is 13.4. The molecule has 4 aromatic rings. The fourth-order valence-electron chi connectivity index (χ4n) is 9.22. The Hall–Kier alpha value is -6.77. The van der Waals surface area contributed by atoms with Crippen LogP contribution in [0.5, 0.6) is 11.5 Å². The maximum Gasteiger partial charge on any atom is 0.303 e. The van der Waals surface area contributed by atoms with E-state index in [-0.39, 0.29) is 17.0 Å². The Labute approximate surface area is 455 Å². The first-order chi connectivity index (χ1) is 36.6. The Kier molecular flexibility index (Phi) is 20.9. The van der Waals surface area contributed by atoms with Gasteiger partial charge >= 0.3 is 41.8 Å². The number of esters is 7. The summed E-state index contributed by atoms with van der Waals surface area (Å²) < 4.78 is 72.8. The smallest absolute Gasteiger partial charge is 0.303 e. The lowest BCUT2D eigenvalue weighted by Crippen LogP contribution is -2.68. The Morgan fingerprint density at radius 2 is 0.948 bits per heavy atom. The lowest BCUT2D eigenvalue weighted by molar-refractivity contribution is -0.382. The summed E-state index contributed by atoms with van der Waals surface area (Å²) >= 11 is 13.7. The van der Waals surface area contributed by atoms with Crippen LogP contribution < -0.4 is 9.47 Å². The van der Waals surface area contributed by atoms with Gasteiger partial charge in [0.2, 0.25) is 11.9 Å². The molecule has 414 valence electrons. The van der Waals surface area contributed by atoms with Crippen molar-refractivity contribution in [2.75, 3.05) is 26.4 Å². The third kappa shape index (κ3) is 15.7. The van der Waals surface area contributed by atoms with E-state index in [9.17, 15) is 33.6 Å². The van der Waals surface area contributed by atoms with Gasteiger partial charge in [-0.25, -0.2) is 0 Å². The predicted molar refractivity (Wildman–Crippen MR) is 274 cm³/mol. The van der Waals surface area contributed by atoms with Crippen molar-refractivity contribution >= 4 is 65.0 Å². The Bertz CT molecular complexity index is 2750. The third-order valence-corrected chi connectivity index (χ3v) is 12.9. The Morgan fingerprint density at radius 1 is 0.494 bits per heavy atom. The number of halogens is 2. The minimum absolute atomic E-state index is 0.0719. The van der Waals surface area contributed by atoms with E-state index in [0.717, 1.165) is 59.6 Å². The maximum absolute atomic E-state index is 13.4. The number of carbonyl (C=O) groups excluding carboxylic acids is 7. The van der Waals surface area contributed by atoms with E-state index in [1.165, 1.54) is 12.1 Å². The zero-order valence-electron chi connectivity index (χ0n) is 44.0. The Morgan fingerprint density at radius 3 is 1.44 bits per heavy atom. The first-order valence-corrected chi connectivity index (χ1v) is 25.5. The van der Waals surface area contributed by atoms with Gasteiger partial charge in [-0.3, -0.25) is 33.6 Å². The first kappa shape index (κ1) is 59.5. The van der Waals surface area contributed by atoms with Gasteiger partial charge in [-0.1, -0.05) is 65.7 Å². The van der Waals surface area contributed by atoms with Crippen LogP contribution in [0.15, 0.2) is 84.9 Å². The summed E-state index contributed by atoms with van der Waals surface area (Å²) in [6, 6.07) is 24.3. The quantitative estimate of drug-likeness (QED) is 0.0571. The first-order valence-electron chi connectivity index (χ1n) is 24.8. The molecule has 2 saturated heterocycles. The number of ether oxygens (including phenoxy) is 12. The lowest BCUT2D eigenvalue weighted by atomic mass is 9.85. The van der Waals surface area contributed by atoms with Gasteiger partial charge in [0.25, 0.3) is 0 Å². The van der Waals surface area contributed by atoms with Crippen molar-refractivity contribution in [3.05, 3.63) is 128 Å². The molecule has 4 aromatic carbocycles. The molecule has 77 heavy (non-hydrogen) atoms. The van der Waals surface area contributed by atoms with Crippen molar-refractivity contribution in [1.82, 2.24) is 0 Å². The normalized spacial score (nSPS) is 23.8. The molecule has 6 rings (SSSR count). The van der Waals surface area contributed by atoms with E-state index in [2.05, 4.69) is 0 Å². The molecule has 0 aromatic heterocycles. The number of hydrogen-bond acceptors (Lipinski definition) is 19. The predicted octanol–water partition coefficient (Wildman–Crippen LogP) is 7.83. The van der Waals surface area contributed by atoms with Crippen molar-refractivity contribution in [2.45, 2.75) is 136 Å². The third-order valence-electron chi connectivity index (χ3n) is 12.1. The standard InChI is InChI=1S/C56H62Cl2O19/c1-10-66-43-18-12-37(13-19-43)24-40-26-39(16-22-45(40)57)49-52(72-33(6)62)53(73-34(7)63)50(70-31(4)60)47(76-49)29-69-56(42-17-23-46(58)41(27-42)25-38-14-20-44(21-15-38)67-11-2)55(75-36(9)65)54(74-35(8)64)51(71-32(5)61)48(77-56)28-68-30(3)59/h12-23,26-27,47-55H,10-11,24-25,28-29H2,1-9H3/t47-,48+,49-,50+,51+,52-,53-,54-,55+,56?/m0/s1. The second kappa shape index (κ2) is 27.0. The fraction of sp³-hybridized carbons (Fsp3) is 0.446. The van der Waals surface area contributed by atoms with Crippen LogP contribution in [0.3, 0.4) is 0 Å². The second-order valence-electron chi connectivity index (χ2n) is 18.1. The number of carbonyl (C=O) groups is 7. The largest absolute Gasteiger partial charge is 0.494 e. The highest BCUT2D eigenvalue weighted by atomic mass is 35.5. The molecule has 0 radical (unpaired) electrons. The van der Waals surface area contributed by atoms with E-state index in [1.54, 1.807) is 36.4 Å². The molecule has 0 amide bonds.